The maximum atomic E-state index is 11.9. The topological polar surface area (TPSA) is 77.9 Å². The molecule has 1 saturated heterocycles. The third-order valence-electron chi connectivity index (χ3n) is 2.50. The number of carboxylic acid groups (broad SMARTS) is 1. The van der Waals surface area contributed by atoms with E-state index >= 15 is 0 Å². The Hall–Kier alpha value is -0.660. The number of hydrogen-bond donors (Lipinski definition) is 1. The van der Waals surface area contributed by atoms with Gasteiger partial charge in [-0.15, -0.1) is 0 Å². The molecule has 0 aromatic heterocycles. The van der Waals surface area contributed by atoms with Crippen LogP contribution in [0.3, 0.4) is 0 Å². The highest BCUT2D eigenvalue weighted by atomic mass is 32.2. The van der Waals surface area contributed by atoms with Crippen molar-refractivity contribution in [2.24, 2.45) is 0 Å². The van der Waals surface area contributed by atoms with E-state index in [2.05, 4.69) is 0 Å². The van der Waals surface area contributed by atoms with E-state index in [0.717, 1.165) is 4.31 Å². The van der Waals surface area contributed by atoms with Gasteiger partial charge in [-0.2, -0.15) is 17.0 Å². The quantitative estimate of drug-likeness (QED) is 0.731. The molecule has 7 heteroatoms. The zero-order valence-electron chi connectivity index (χ0n) is 9.04. The van der Waals surface area contributed by atoms with E-state index in [4.69, 9.17) is 5.11 Å². The summed E-state index contributed by atoms with van der Waals surface area (Å²) in [4.78, 5) is 10.7. The average Bonchev–Trinajstić information content (AvgIpc) is 2.39. The maximum Gasteiger partial charge on any atom is 0.321 e. The van der Waals surface area contributed by atoms with Gasteiger partial charge in [0.15, 0.2) is 0 Å². The van der Waals surface area contributed by atoms with Gasteiger partial charge in [0.2, 0.25) is 0 Å². The van der Waals surface area contributed by atoms with Crippen LogP contribution in [0.15, 0.2) is 0 Å². The molecular formula is C8H16N2O4S. The van der Waals surface area contributed by atoms with Crippen molar-refractivity contribution in [3.05, 3.63) is 0 Å². The van der Waals surface area contributed by atoms with Crippen molar-refractivity contribution in [1.82, 2.24) is 8.61 Å². The molecule has 0 aromatic rings. The molecule has 0 unspecified atom stereocenters. The van der Waals surface area contributed by atoms with Crippen molar-refractivity contribution in [1.29, 1.82) is 0 Å². The molecule has 15 heavy (non-hydrogen) atoms. The van der Waals surface area contributed by atoms with Crippen LogP contribution in [-0.2, 0) is 15.0 Å². The van der Waals surface area contributed by atoms with Gasteiger partial charge in [-0.05, 0) is 20.8 Å². The Morgan fingerprint density at radius 1 is 1.20 bits per heavy atom. The van der Waals surface area contributed by atoms with Crippen LogP contribution in [0.1, 0.15) is 20.8 Å². The fraction of sp³-hybridized carbons (Fsp3) is 0.875. The van der Waals surface area contributed by atoms with E-state index in [1.165, 1.54) is 11.2 Å². The Balaban J connectivity index is 2.94. The van der Waals surface area contributed by atoms with Gasteiger partial charge in [-0.1, -0.05) is 0 Å². The fourth-order valence-corrected chi connectivity index (χ4v) is 3.52. The molecule has 1 fully saturated rings. The number of carboxylic acids is 1. The first-order valence-electron chi connectivity index (χ1n) is 4.80. The Morgan fingerprint density at radius 2 is 1.67 bits per heavy atom. The lowest BCUT2D eigenvalue weighted by Crippen LogP contribution is -2.43. The summed E-state index contributed by atoms with van der Waals surface area (Å²) >= 11 is 0. The minimum absolute atomic E-state index is 0.138. The SMILES string of the molecule is CC(C)N1CCN([C@@H](C)C(=O)O)S1(=O)=O. The summed E-state index contributed by atoms with van der Waals surface area (Å²) in [7, 11) is -3.59. The normalized spacial score (nSPS) is 24.5. The average molecular weight is 236 g/mol. The molecule has 0 aliphatic carbocycles. The minimum Gasteiger partial charge on any atom is -0.480 e. The summed E-state index contributed by atoms with van der Waals surface area (Å²) in [5.41, 5.74) is 0. The molecule has 1 aliphatic heterocycles. The molecule has 6 nitrogen and oxygen atoms in total. The summed E-state index contributed by atoms with van der Waals surface area (Å²) in [6, 6.07) is -1.14. The number of carbonyl (C=O) groups is 1. The Morgan fingerprint density at radius 3 is 2.00 bits per heavy atom. The predicted molar refractivity (Wildman–Crippen MR) is 54.6 cm³/mol. The van der Waals surface area contributed by atoms with Crippen LogP contribution in [0, 0.1) is 0 Å². The van der Waals surface area contributed by atoms with Gasteiger partial charge in [0, 0.05) is 19.1 Å². The van der Waals surface area contributed by atoms with Crippen LogP contribution >= 0.6 is 0 Å². The van der Waals surface area contributed by atoms with E-state index < -0.39 is 22.2 Å². The molecule has 1 rings (SSSR count). The van der Waals surface area contributed by atoms with Crippen molar-refractivity contribution in [3.63, 3.8) is 0 Å². The lowest BCUT2D eigenvalue weighted by Gasteiger charge is -2.23. The first kappa shape index (κ1) is 12.4. The van der Waals surface area contributed by atoms with Crippen molar-refractivity contribution >= 4 is 16.2 Å². The van der Waals surface area contributed by atoms with Gasteiger partial charge < -0.3 is 5.11 Å². The molecule has 1 N–H and O–H groups in total. The summed E-state index contributed by atoms with van der Waals surface area (Å²) in [5, 5.41) is 8.77. The summed E-state index contributed by atoms with van der Waals surface area (Å²) in [6.45, 7) is 5.52. The van der Waals surface area contributed by atoms with E-state index in [9.17, 15) is 13.2 Å². The molecule has 1 heterocycles. The lowest BCUT2D eigenvalue weighted by molar-refractivity contribution is -0.140. The summed E-state index contributed by atoms with van der Waals surface area (Å²) < 4.78 is 26.1. The second-order valence-electron chi connectivity index (χ2n) is 3.84. The summed E-state index contributed by atoms with van der Waals surface area (Å²) in [6.07, 6.45) is 0. The Labute approximate surface area is 89.7 Å². The Kier molecular flexibility index (Phi) is 3.37. The second kappa shape index (κ2) is 4.07. The first-order valence-corrected chi connectivity index (χ1v) is 6.19. The first-order chi connectivity index (χ1) is 6.78. The number of nitrogens with zero attached hydrogens (tertiary/aromatic N) is 2. The van der Waals surface area contributed by atoms with Crippen LogP contribution in [0.2, 0.25) is 0 Å². The van der Waals surface area contributed by atoms with Crippen molar-refractivity contribution < 1.29 is 18.3 Å². The second-order valence-corrected chi connectivity index (χ2v) is 5.67. The molecule has 0 bridgehead atoms. The monoisotopic (exact) mass is 236 g/mol. The van der Waals surface area contributed by atoms with E-state index in [1.807, 2.05) is 0 Å². The van der Waals surface area contributed by atoms with Gasteiger partial charge >= 0.3 is 5.97 Å². The molecule has 0 amide bonds. The highest BCUT2D eigenvalue weighted by molar-refractivity contribution is 7.87. The maximum absolute atomic E-state index is 11.9. The van der Waals surface area contributed by atoms with E-state index in [-0.39, 0.29) is 12.6 Å². The van der Waals surface area contributed by atoms with Crippen LogP contribution in [0.4, 0.5) is 0 Å². The highest BCUT2D eigenvalue weighted by Gasteiger charge is 2.42. The molecule has 0 radical (unpaired) electrons. The highest BCUT2D eigenvalue weighted by Crippen LogP contribution is 2.21. The van der Waals surface area contributed by atoms with E-state index in [0.29, 0.717) is 6.54 Å². The van der Waals surface area contributed by atoms with Crippen molar-refractivity contribution in [3.8, 4) is 0 Å². The molecule has 88 valence electrons. The van der Waals surface area contributed by atoms with Gasteiger partial charge in [0.1, 0.15) is 6.04 Å². The fourth-order valence-electron chi connectivity index (χ4n) is 1.60. The molecule has 1 aliphatic rings. The Bertz CT molecular complexity index is 352. The molecule has 0 aromatic carbocycles. The van der Waals surface area contributed by atoms with Gasteiger partial charge in [0.05, 0.1) is 0 Å². The van der Waals surface area contributed by atoms with Gasteiger partial charge in [-0.25, -0.2) is 0 Å². The molecular weight excluding hydrogens is 220 g/mol. The third-order valence-corrected chi connectivity index (χ3v) is 4.79. The number of hydrogen-bond acceptors (Lipinski definition) is 3. The largest absolute Gasteiger partial charge is 0.480 e. The van der Waals surface area contributed by atoms with Crippen molar-refractivity contribution in [2.45, 2.75) is 32.9 Å². The molecule has 0 spiro atoms. The smallest absolute Gasteiger partial charge is 0.321 e. The summed E-state index contributed by atoms with van der Waals surface area (Å²) in [5.74, 6) is -1.12. The zero-order chi connectivity index (χ0) is 11.8. The predicted octanol–water partition coefficient (Wildman–Crippen LogP) is -0.270. The number of aliphatic carboxylic acids is 1. The molecule has 1 atom stereocenters. The number of rotatable bonds is 3. The lowest BCUT2D eigenvalue weighted by atomic mass is 10.3. The van der Waals surface area contributed by atoms with Crippen molar-refractivity contribution in [2.75, 3.05) is 13.1 Å². The zero-order valence-corrected chi connectivity index (χ0v) is 9.86. The van der Waals surface area contributed by atoms with E-state index in [1.54, 1.807) is 13.8 Å². The van der Waals surface area contributed by atoms with Gasteiger partial charge in [-0.3, -0.25) is 4.79 Å². The van der Waals surface area contributed by atoms with Gasteiger partial charge in [0.25, 0.3) is 10.2 Å². The van der Waals surface area contributed by atoms with Crippen LogP contribution in [0.5, 0.6) is 0 Å². The standard InChI is InChI=1S/C8H16N2O4S/c1-6(2)9-4-5-10(15(9,13)14)7(3)8(11)12/h6-7H,4-5H2,1-3H3,(H,11,12)/t7-/m0/s1. The van der Waals surface area contributed by atoms with Crippen LogP contribution < -0.4 is 0 Å². The van der Waals surface area contributed by atoms with Crippen LogP contribution in [-0.4, -0.2) is 53.3 Å². The minimum atomic E-state index is -3.59. The van der Waals surface area contributed by atoms with Crippen LogP contribution in [0.25, 0.3) is 0 Å². The molecule has 0 saturated carbocycles. The third kappa shape index (κ3) is 2.14.